The highest BCUT2D eigenvalue weighted by atomic mass is 32.1. The van der Waals surface area contributed by atoms with Gasteiger partial charge in [-0.1, -0.05) is 12.1 Å². The molecule has 8 nitrogen and oxygen atoms in total. The van der Waals surface area contributed by atoms with Crippen LogP contribution < -0.4 is 4.57 Å². The maximum atomic E-state index is 13.2. The third kappa shape index (κ3) is 4.89. The molecule has 29 heavy (non-hydrogen) atoms. The summed E-state index contributed by atoms with van der Waals surface area (Å²) >= 11 is 5.42. The second kappa shape index (κ2) is 9.18. The normalized spacial score (nSPS) is 12.5. The van der Waals surface area contributed by atoms with Crippen LogP contribution in [0.25, 0.3) is 0 Å². The van der Waals surface area contributed by atoms with Crippen LogP contribution in [-0.4, -0.2) is 20.9 Å². The summed E-state index contributed by atoms with van der Waals surface area (Å²) in [5, 5.41) is 20.6. The molecule has 0 aliphatic rings. The minimum absolute atomic E-state index is 0.0954. The van der Waals surface area contributed by atoms with Gasteiger partial charge in [0.25, 0.3) is 5.69 Å². The Kier molecular flexibility index (Phi) is 6.43. The number of pyridine rings is 1. The molecule has 1 N–H and O–H groups in total. The van der Waals surface area contributed by atoms with Gasteiger partial charge >= 0.3 is 0 Å². The Morgan fingerprint density at radius 1 is 1.28 bits per heavy atom. The van der Waals surface area contributed by atoms with Crippen LogP contribution in [-0.2, 0) is 25.8 Å². The van der Waals surface area contributed by atoms with Crippen LogP contribution >= 0.6 is 0 Å². The van der Waals surface area contributed by atoms with Crippen LogP contribution in [0.5, 0.6) is 0 Å². The number of aromatic nitrogens is 1. The molecule has 3 aromatic rings. The summed E-state index contributed by atoms with van der Waals surface area (Å²) in [6.45, 7) is -0.0559. The van der Waals surface area contributed by atoms with Gasteiger partial charge in [0.15, 0.2) is 12.4 Å². The predicted octanol–water partition coefficient (Wildman–Crippen LogP) is 2.54. The van der Waals surface area contributed by atoms with Gasteiger partial charge in [0.1, 0.15) is 5.76 Å². The second-order valence-electron chi connectivity index (χ2n) is 6.13. The van der Waals surface area contributed by atoms with Gasteiger partial charge in [-0.2, -0.15) is 4.57 Å². The number of Topliss-reactive ketones (excluding diaryl/α,β-unsaturated/α-hetero) is 1. The summed E-state index contributed by atoms with van der Waals surface area (Å²) in [5.74, 6) is 0.144. The summed E-state index contributed by atoms with van der Waals surface area (Å²) in [6.07, 6.45) is 4.74. The van der Waals surface area contributed by atoms with Gasteiger partial charge in [0, 0.05) is 29.3 Å². The van der Waals surface area contributed by atoms with E-state index in [2.05, 4.69) is 4.99 Å². The molecule has 0 saturated heterocycles. The Labute approximate surface area is 171 Å². The number of aliphatic hydroxyl groups is 1. The maximum Gasteiger partial charge on any atom is 0.270 e. The number of hydrogen-bond donors (Lipinski definition) is 1. The number of aliphatic imine (C=N–C) groups is 1. The molecule has 0 bridgehead atoms. The molecule has 0 aliphatic heterocycles. The van der Waals surface area contributed by atoms with E-state index in [1.54, 1.807) is 41.2 Å². The van der Waals surface area contributed by atoms with Gasteiger partial charge in [-0.3, -0.25) is 14.9 Å². The summed E-state index contributed by atoms with van der Waals surface area (Å²) in [4.78, 5) is 28.1. The predicted molar refractivity (Wildman–Crippen MR) is 106 cm³/mol. The van der Waals surface area contributed by atoms with Crippen LogP contribution in [0.3, 0.4) is 0 Å². The molecule has 148 valence electrons. The summed E-state index contributed by atoms with van der Waals surface area (Å²) in [5.41, 5.74) is 0.530. The van der Waals surface area contributed by atoms with Crippen molar-refractivity contribution in [2.24, 2.45) is 4.99 Å². The van der Waals surface area contributed by atoms with Crippen molar-refractivity contribution in [3.63, 3.8) is 0 Å². The summed E-state index contributed by atoms with van der Waals surface area (Å²) in [6, 6.07) is 11.3. The Morgan fingerprint density at radius 3 is 2.79 bits per heavy atom. The lowest BCUT2D eigenvalue weighted by atomic mass is 10.0. The molecule has 0 amide bonds. The first-order valence-electron chi connectivity index (χ1n) is 8.62. The van der Waals surface area contributed by atoms with E-state index in [1.807, 2.05) is 0 Å². The van der Waals surface area contributed by atoms with Crippen molar-refractivity contribution in [1.82, 2.24) is 0 Å². The van der Waals surface area contributed by atoms with Gasteiger partial charge in [0.2, 0.25) is 11.8 Å². The zero-order valence-electron chi connectivity index (χ0n) is 15.2. The number of nitrogens with zero attached hydrogens (tertiary/aromatic N) is 3. The molecule has 0 saturated carbocycles. The SMILES string of the molecule is O=C(c1cccc([N+](=O)[O-])c1)[C@H](C([S-])=NCc1ccco1)[n+]1cccc(CO)c1. The smallest absolute Gasteiger partial charge is 0.270 e. The third-order valence-corrected chi connectivity index (χ3v) is 4.51. The number of aliphatic hydroxyl groups excluding tert-OH is 1. The van der Waals surface area contributed by atoms with Crippen LogP contribution in [0, 0.1) is 10.1 Å². The highest BCUT2D eigenvalue weighted by molar-refractivity contribution is 7.77. The molecule has 0 unspecified atom stereocenters. The Morgan fingerprint density at radius 2 is 2.10 bits per heavy atom. The third-order valence-electron chi connectivity index (χ3n) is 4.16. The molecular formula is C20H17N3O5S. The van der Waals surface area contributed by atoms with Crippen molar-refractivity contribution in [1.29, 1.82) is 0 Å². The van der Waals surface area contributed by atoms with E-state index in [-0.39, 0.29) is 29.4 Å². The number of carbonyl (C=O) groups excluding carboxylic acids is 1. The van der Waals surface area contributed by atoms with E-state index in [1.165, 1.54) is 30.5 Å². The van der Waals surface area contributed by atoms with E-state index in [9.17, 15) is 20.0 Å². The van der Waals surface area contributed by atoms with E-state index >= 15 is 0 Å². The van der Waals surface area contributed by atoms with Gasteiger partial charge < -0.3 is 27.1 Å². The molecule has 3 rings (SSSR count). The van der Waals surface area contributed by atoms with E-state index < -0.39 is 16.7 Å². The van der Waals surface area contributed by atoms with Crippen LogP contribution in [0.2, 0.25) is 0 Å². The maximum absolute atomic E-state index is 13.2. The van der Waals surface area contributed by atoms with Crippen LogP contribution in [0.4, 0.5) is 5.69 Å². The first-order chi connectivity index (χ1) is 14.0. The number of rotatable bonds is 8. The lowest BCUT2D eigenvalue weighted by Gasteiger charge is -2.19. The van der Waals surface area contributed by atoms with Crippen molar-refractivity contribution in [3.05, 3.63) is 94.2 Å². The number of hydrogen-bond acceptors (Lipinski definition) is 7. The number of non-ortho nitro benzene ring substituents is 1. The minimum Gasteiger partial charge on any atom is -0.758 e. The zero-order chi connectivity index (χ0) is 20.8. The van der Waals surface area contributed by atoms with Gasteiger partial charge in [0.05, 0.1) is 24.3 Å². The average Bonchev–Trinajstić information content (AvgIpc) is 3.26. The van der Waals surface area contributed by atoms with Gasteiger partial charge in [-0.15, -0.1) is 0 Å². The minimum atomic E-state index is -1.01. The number of nitro groups is 1. The molecule has 2 aromatic heterocycles. The van der Waals surface area contributed by atoms with Crippen molar-refractivity contribution >= 4 is 29.1 Å². The number of furan rings is 1. The molecule has 9 heteroatoms. The van der Waals surface area contributed by atoms with Crippen molar-refractivity contribution in [3.8, 4) is 0 Å². The van der Waals surface area contributed by atoms with E-state index in [4.69, 9.17) is 17.0 Å². The molecule has 1 atom stereocenters. The highest BCUT2D eigenvalue weighted by Crippen LogP contribution is 2.18. The quantitative estimate of drug-likeness (QED) is 0.116. The number of ketones is 1. The number of nitro benzene ring substituents is 1. The van der Waals surface area contributed by atoms with Crippen molar-refractivity contribution in [2.75, 3.05) is 0 Å². The Balaban J connectivity index is 2.01. The van der Waals surface area contributed by atoms with Gasteiger partial charge in [-0.25, -0.2) is 0 Å². The van der Waals surface area contributed by atoms with Crippen LogP contribution in [0.15, 0.2) is 76.6 Å². The molecule has 0 spiro atoms. The first kappa shape index (κ1) is 20.3. The Hall–Kier alpha value is -3.43. The Bertz CT molecular complexity index is 1050. The molecule has 0 fully saturated rings. The molecular weight excluding hydrogens is 394 g/mol. The number of carbonyl (C=O) groups is 1. The van der Waals surface area contributed by atoms with Crippen LogP contribution in [0.1, 0.15) is 27.7 Å². The molecule has 0 aliphatic carbocycles. The average molecular weight is 411 g/mol. The molecule has 0 radical (unpaired) electrons. The highest BCUT2D eigenvalue weighted by Gasteiger charge is 2.29. The van der Waals surface area contributed by atoms with Crippen molar-refractivity contribution in [2.45, 2.75) is 19.2 Å². The molecule has 2 heterocycles. The zero-order valence-corrected chi connectivity index (χ0v) is 16.0. The summed E-state index contributed by atoms with van der Waals surface area (Å²) in [7, 11) is 0. The lowest BCUT2D eigenvalue weighted by Crippen LogP contribution is -2.48. The first-order valence-corrected chi connectivity index (χ1v) is 9.03. The monoisotopic (exact) mass is 411 g/mol. The lowest BCUT2D eigenvalue weighted by molar-refractivity contribution is -0.692. The van der Waals surface area contributed by atoms with E-state index in [0.717, 1.165) is 0 Å². The fraction of sp³-hybridized carbons (Fsp3) is 0.150. The fourth-order valence-corrected chi connectivity index (χ4v) is 3.04. The van der Waals surface area contributed by atoms with Gasteiger partial charge in [-0.05, 0) is 23.2 Å². The summed E-state index contributed by atoms with van der Waals surface area (Å²) < 4.78 is 6.78. The topological polar surface area (TPSA) is 110 Å². The number of benzene rings is 1. The standard InChI is InChI=1S/C20H17N3O5S/c24-13-14-4-2-8-22(12-14)18(20(29)21-11-17-7-3-9-28-17)19(25)15-5-1-6-16(10-15)23(26)27/h1-10,12,18,24H,11,13H2/t18-/m1/s1. The largest absolute Gasteiger partial charge is 0.758 e. The second-order valence-corrected chi connectivity index (χ2v) is 6.54. The molecule has 1 aromatic carbocycles. The fourth-order valence-electron chi connectivity index (χ4n) is 2.75. The van der Waals surface area contributed by atoms with E-state index in [0.29, 0.717) is 11.3 Å². The van der Waals surface area contributed by atoms with Crippen molar-refractivity contribution < 1.29 is 23.8 Å².